The van der Waals surface area contributed by atoms with Gasteiger partial charge in [-0.05, 0) is 45.2 Å². The third-order valence-corrected chi connectivity index (χ3v) is 4.24. The first-order valence-corrected chi connectivity index (χ1v) is 8.19. The molecular formula is C17H26N4O2. The number of nitrogens with zero attached hydrogens (tertiary/aromatic N) is 3. The van der Waals surface area contributed by atoms with Crippen LogP contribution in [0.4, 0.5) is 11.4 Å². The first kappa shape index (κ1) is 17.3. The minimum atomic E-state index is -0.582. The Labute approximate surface area is 138 Å². The smallest absolute Gasteiger partial charge is 0.313 e. The zero-order chi connectivity index (χ0) is 16.8. The molecule has 0 radical (unpaired) electrons. The average Bonchev–Trinajstić information content (AvgIpc) is 2.57. The van der Waals surface area contributed by atoms with Gasteiger partial charge in [0.15, 0.2) is 0 Å². The summed E-state index contributed by atoms with van der Waals surface area (Å²) in [4.78, 5) is 30.1. The molecular weight excluding hydrogens is 292 g/mol. The Hall–Kier alpha value is -2.08. The molecule has 0 aromatic heterocycles. The van der Waals surface area contributed by atoms with Gasteiger partial charge in [0.1, 0.15) is 0 Å². The first-order chi connectivity index (χ1) is 11.0. The maximum atomic E-state index is 12.0. The number of likely N-dealkylation sites (N-methyl/N-ethyl adjacent to an activating group) is 2. The average molecular weight is 318 g/mol. The molecule has 1 aromatic rings. The number of hydrogen-bond acceptors (Lipinski definition) is 4. The molecule has 1 aliphatic heterocycles. The number of carbonyl (C=O) groups is 2. The lowest BCUT2D eigenvalue weighted by Gasteiger charge is -2.34. The van der Waals surface area contributed by atoms with Crippen LogP contribution >= 0.6 is 0 Å². The predicted octanol–water partition coefficient (Wildman–Crippen LogP) is 1.25. The van der Waals surface area contributed by atoms with E-state index in [1.165, 1.54) is 4.90 Å². The summed E-state index contributed by atoms with van der Waals surface area (Å²) in [6, 6.07) is 7.67. The highest BCUT2D eigenvalue weighted by atomic mass is 16.2. The molecule has 1 saturated heterocycles. The number of benzene rings is 1. The molecule has 6 nitrogen and oxygen atoms in total. The Kier molecular flexibility index (Phi) is 5.98. The van der Waals surface area contributed by atoms with Crippen LogP contribution in [0.2, 0.25) is 0 Å². The van der Waals surface area contributed by atoms with E-state index in [1.807, 2.05) is 38.1 Å². The molecule has 0 spiro atoms. The van der Waals surface area contributed by atoms with Gasteiger partial charge >= 0.3 is 11.8 Å². The molecule has 0 bridgehead atoms. The molecule has 0 saturated carbocycles. The van der Waals surface area contributed by atoms with E-state index in [0.717, 1.165) is 31.9 Å². The van der Waals surface area contributed by atoms with Crippen molar-refractivity contribution in [3.63, 3.8) is 0 Å². The normalized spacial score (nSPS) is 15.3. The summed E-state index contributed by atoms with van der Waals surface area (Å²) >= 11 is 0. The van der Waals surface area contributed by atoms with Gasteiger partial charge in [-0.1, -0.05) is 0 Å². The Bertz CT molecular complexity index is 532. The van der Waals surface area contributed by atoms with Gasteiger partial charge in [-0.15, -0.1) is 0 Å². The van der Waals surface area contributed by atoms with Crippen molar-refractivity contribution in [2.45, 2.75) is 13.8 Å². The summed E-state index contributed by atoms with van der Waals surface area (Å²) in [7, 11) is 2.13. The second kappa shape index (κ2) is 7.97. The minimum Gasteiger partial charge on any atom is -0.369 e. The lowest BCUT2D eigenvalue weighted by atomic mass is 10.2. The monoisotopic (exact) mass is 318 g/mol. The van der Waals surface area contributed by atoms with Crippen LogP contribution in [-0.4, -0.2) is 67.9 Å². The van der Waals surface area contributed by atoms with E-state index >= 15 is 0 Å². The van der Waals surface area contributed by atoms with Gasteiger partial charge in [-0.3, -0.25) is 9.59 Å². The van der Waals surface area contributed by atoms with Crippen LogP contribution in [0.5, 0.6) is 0 Å². The van der Waals surface area contributed by atoms with Gasteiger partial charge < -0.3 is 20.0 Å². The minimum absolute atomic E-state index is 0.488. The van der Waals surface area contributed by atoms with Crippen LogP contribution in [0.3, 0.4) is 0 Å². The summed E-state index contributed by atoms with van der Waals surface area (Å²) < 4.78 is 0. The van der Waals surface area contributed by atoms with Crippen molar-refractivity contribution >= 4 is 23.2 Å². The zero-order valence-corrected chi connectivity index (χ0v) is 14.2. The molecule has 0 atom stereocenters. The molecule has 1 heterocycles. The van der Waals surface area contributed by atoms with Gasteiger partial charge in [0.2, 0.25) is 0 Å². The summed E-state index contributed by atoms with van der Waals surface area (Å²) in [6.07, 6.45) is 0. The second-order valence-corrected chi connectivity index (χ2v) is 5.77. The molecule has 1 aliphatic rings. The van der Waals surface area contributed by atoms with E-state index in [2.05, 4.69) is 22.2 Å². The molecule has 1 aromatic carbocycles. The lowest BCUT2D eigenvalue weighted by molar-refractivity contribution is -0.142. The molecule has 0 aliphatic carbocycles. The third-order valence-electron chi connectivity index (χ3n) is 4.24. The maximum absolute atomic E-state index is 12.0. The third kappa shape index (κ3) is 4.45. The summed E-state index contributed by atoms with van der Waals surface area (Å²) in [5.74, 6) is -1.07. The highest BCUT2D eigenvalue weighted by Gasteiger charge is 2.19. The van der Waals surface area contributed by atoms with E-state index in [-0.39, 0.29) is 0 Å². The molecule has 0 unspecified atom stereocenters. The number of nitrogens with one attached hydrogen (secondary N) is 1. The van der Waals surface area contributed by atoms with Gasteiger partial charge in [-0.25, -0.2) is 0 Å². The van der Waals surface area contributed by atoms with Crippen molar-refractivity contribution in [3.05, 3.63) is 24.3 Å². The van der Waals surface area contributed by atoms with E-state index in [1.54, 1.807) is 0 Å². The van der Waals surface area contributed by atoms with E-state index in [9.17, 15) is 9.59 Å². The van der Waals surface area contributed by atoms with Crippen molar-refractivity contribution in [2.24, 2.45) is 0 Å². The first-order valence-electron chi connectivity index (χ1n) is 8.19. The summed E-state index contributed by atoms with van der Waals surface area (Å²) in [5, 5.41) is 2.67. The van der Waals surface area contributed by atoms with E-state index in [4.69, 9.17) is 0 Å². The van der Waals surface area contributed by atoms with Crippen molar-refractivity contribution in [2.75, 3.05) is 56.5 Å². The summed E-state index contributed by atoms with van der Waals surface area (Å²) in [5.41, 5.74) is 1.79. The van der Waals surface area contributed by atoms with Gasteiger partial charge in [0.05, 0.1) is 0 Å². The Morgan fingerprint density at radius 1 is 1.04 bits per heavy atom. The van der Waals surface area contributed by atoms with Gasteiger partial charge in [-0.2, -0.15) is 0 Å². The van der Waals surface area contributed by atoms with Crippen LogP contribution in [0, 0.1) is 0 Å². The Balaban J connectivity index is 1.94. The van der Waals surface area contributed by atoms with Gasteiger partial charge in [0.25, 0.3) is 0 Å². The van der Waals surface area contributed by atoms with Crippen molar-refractivity contribution in [1.82, 2.24) is 9.80 Å². The molecule has 1 N–H and O–H groups in total. The maximum Gasteiger partial charge on any atom is 0.313 e. The largest absolute Gasteiger partial charge is 0.369 e. The quantitative estimate of drug-likeness (QED) is 0.849. The number of carbonyl (C=O) groups excluding carboxylic acids is 2. The lowest BCUT2D eigenvalue weighted by Crippen LogP contribution is -2.44. The highest BCUT2D eigenvalue weighted by Crippen LogP contribution is 2.19. The van der Waals surface area contributed by atoms with Crippen molar-refractivity contribution in [3.8, 4) is 0 Å². The molecule has 6 heteroatoms. The molecule has 2 amide bonds. The number of rotatable bonds is 4. The zero-order valence-electron chi connectivity index (χ0n) is 14.2. The number of amides is 2. The van der Waals surface area contributed by atoms with E-state index < -0.39 is 11.8 Å². The van der Waals surface area contributed by atoms with E-state index in [0.29, 0.717) is 18.8 Å². The molecule has 2 rings (SSSR count). The summed E-state index contributed by atoms with van der Waals surface area (Å²) in [6.45, 7) is 8.90. The van der Waals surface area contributed by atoms with Crippen LogP contribution in [-0.2, 0) is 9.59 Å². The fraction of sp³-hybridized carbons (Fsp3) is 0.529. The van der Waals surface area contributed by atoms with Crippen LogP contribution < -0.4 is 10.2 Å². The number of anilines is 2. The van der Waals surface area contributed by atoms with Crippen molar-refractivity contribution in [1.29, 1.82) is 0 Å². The Morgan fingerprint density at radius 2 is 1.61 bits per heavy atom. The SMILES string of the molecule is CCN(CC)C(=O)C(=O)Nc1ccc(N2CCN(C)CC2)cc1. The standard InChI is InChI=1S/C17H26N4O2/c1-4-20(5-2)17(23)16(22)18-14-6-8-15(9-7-14)21-12-10-19(3)11-13-21/h6-9H,4-5,10-13H2,1-3H3,(H,18,22). The van der Waals surface area contributed by atoms with Gasteiger partial charge in [0, 0.05) is 50.6 Å². The van der Waals surface area contributed by atoms with Crippen LogP contribution in [0.25, 0.3) is 0 Å². The highest BCUT2D eigenvalue weighted by molar-refractivity contribution is 6.39. The molecule has 23 heavy (non-hydrogen) atoms. The topological polar surface area (TPSA) is 55.9 Å². The second-order valence-electron chi connectivity index (χ2n) is 5.77. The van der Waals surface area contributed by atoms with Crippen LogP contribution in [0.1, 0.15) is 13.8 Å². The fourth-order valence-electron chi connectivity index (χ4n) is 2.66. The van der Waals surface area contributed by atoms with Crippen molar-refractivity contribution < 1.29 is 9.59 Å². The fourth-order valence-corrected chi connectivity index (χ4v) is 2.66. The van der Waals surface area contributed by atoms with Crippen LogP contribution in [0.15, 0.2) is 24.3 Å². The number of piperazine rings is 1. The predicted molar refractivity (Wildman–Crippen MR) is 92.7 cm³/mol. The molecule has 1 fully saturated rings. The Morgan fingerprint density at radius 3 is 2.13 bits per heavy atom. The number of hydrogen-bond donors (Lipinski definition) is 1. The molecule has 126 valence electrons.